The van der Waals surface area contributed by atoms with Crippen molar-refractivity contribution >= 4 is 40.8 Å². The Hall–Kier alpha value is -1.37. The monoisotopic (exact) mass is 308 g/mol. The van der Waals surface area contributed by atoms with Gasteiger partial charge >= 0.3 is 5.97 Å². The number of anilines is 1. The molecule has 1 atom stereocenters. The number of rotatable bonds is 4. The lowest BCUT2D eigenvalue weighted by atomic mass is 10.2. The van der Waals surface area contributed by atoms with E-state index in [1.807, 2.05) is 0 Å². The van der Waals surface area contributed by atoms with E-state index >= 15 is 0 Å². The second kappa shape index (κ2) is 6.70. The quantitative estimate of drug-likeness (QED) is 0.506. The normalized spacial score (nSPS) is 11.8. The molecule has 0 spiro atoms. The number of halogens is 3. The summed E-state index contributed by atoms with van der Waals surface area (Å²) in [6.07, 6.45) is 0. The molecular weight excluding hydrogens is 298 g/mol. The number of carbonyl (C=O) groups excluding carboxylic acids is 2. The molecule has 0 aliphatic rings. The lowest BCUT2D eigenvalue weighted by Gasteiger charge is -2.12. The van der Waals surface area contributed by atoms with Crippen LogP contribution in [0.2, 0.25) is 10.0 Å². The molecule has 0 saturated carbocycles. The van der Waals surface area contributed by atoms with Gasteiger partial charge in [-0.25, -0.2) is 9.18 Å². The van der Waals surface area contributed by atoms with Crippen molar-refractivity contribution in [3.8, 4) is 0 Å². The minimum absolute atomic E-state index is 0.105. The van der Waals surface area contributed by atoms with Crippen LogP contribution in [0, 0.1) is 5.82 Å². The molecule has 5 nitrogen and oxygen atoms in total. The average Bonchev–Trinajstić information content (AvgIpc) is 2.35. The summed E-state index contributed by atoms with van der Waals surface area (Å²) in [6, 6.07) is 0.819. The molecule has 0 bridgehead atoms. The number of amides is 1. The van der Waals surface area contributed by atoms with Gasteiger partial charge in [-0.05, 0) is 19.1 Å². The summed E-state index contributed by atoms with van der Waals surface area (Å²) < 4.78 is 17.8. The van der Waals surface area contributed by atoms with Gasteiger partial charge in [0.15, 0.2) is 11.9 Å². The molecule has 1 unspecified atom stereocenters. The summed E-state index contributed by atoms with van der Waals surface area (Å²) in [7, 11) is 0. The van der Waals surface area contributed by atoms with Crippen LogP contribution in [0.3, 0.4) is 0 Å². The maximum absolute atomic E-state index is 13.2. The third-order valence-corrected chi connectivity index (χ3v) is 2.62. The van der Waals surface area contributed by atoms with Gasteiger partial charge in [0.1, 0.15) is 0 Å². The number of hydrogen-bond donors (Lipinski definition) is 2. The number of esters is 1. The first-order valence-corrected chi connectivity index (χ1v) is 6.00. The molecule has 0 aliphatic carbocycles. The predicted molar refractivity (Wildman–Crippen MR) is 69.7 cm³/mol. The number of nitrogens with two attached hydrogens (primary N) is 1. The van der Waals surface area contributed by atoms with Gasteiger partial charge < -0.3 is 15.8 Å². The van der Waals surface area contributed by atoms with Crippen molar-refractivity contribution < 1.29 is 18.7 Å². The molecule has 3 N–H and O–H groups in total. The predicted octanol–water partition coefficient (Wildman–Crippen LogP) is 1.96. The maximum atomic E-state index is 13.2. The minimum atomic E-state index is -1.48. The van der Waals surface area contributed by atoms with Gasteiger partial charge in [0.2, 0.25) is 0 Å². The number of nitrogens with one attached hydrogen (secondary N) is 1. The summed E-state index contributed by atoms with van der Waals surface area (Å²) in [4.78, 5) is 22.9. The van der Waals surface area contributed by atoms with Gasteiger partial charge in [-0.3, -0.25) is 4.79 Å². The summed E-state index contributed by atoms with van der Waals surface area (Å²) in [6.45, 7) is 1.69. The van der Waals surface area contributed by atoms with Crippen LogP contribution in [0.4, 0.5) is 10.1 Å². The first kappa shape index (κ1) is 15.7. The van der Waals surface area contributed by atoms with Crippen LogP contribution >= 0.6 is 23.2 Å². The minimum Gasteiger partial charge on any atom is -0.464 e. The van der Waals surface area contributed by atoms with Crippen LogP contribution in [0.1, 0.15) is 6.92 Å². The Labute approximate surface area is 118 Å². The van der Waals surface area contributed by atoms with Crippen LogP contribution in [0.25, 0.3) is 0 Å². The average molecular weight is 309 g/mol. The summed E-state index contributed by atoms with van der Waals surface area (Å²) in [5.41, 5.74) is 5.50. The van der Waals surface area contributed by atoms with Gasteiger partial charge in [-0.2, -0.15) is 0 Å². The zero-order valence-electron chi connectivity index (χ0n) is 9.88. The maximum Gasteiger partial charge on any atom is 0.332 e. The van der Waals surface area contributed by atoms with Crippen molar-refractivity contribution in [2.75, 3.05) is 11.9 Å². The highest BCUT2D eigenvalue weighted by molar-refractivity contribution is 6.35. The molecule has 19 heavy (non-hydrogen) atoms. The van der Waals surface area contributed by atoms with Crippen LogP contribution in [0.5, 0.6) is 0 Å². The molecule has 0 aliphatic heterocycles. The van der Waals surface area contributed by atoms with Crippen molar-refractivity contribution in [2.45, 2.75) is 13.0 Å². The van der Waals surface area contributed by atoms with E-state index in [4.69, 9.17) is 28.9 Å². The Kier molecular flexibility index (Phi) is 5.53. The summed E-state index contributed by atoms with van der Waals surface area (Å²) >= 11 is 11.1. The van der Waals surface area contributed by atoms with E-state index in [2.05, 4.69) is 10.1 Å². The molecule has 1 rings (SSSR count). The fraction of sp³-hybridized carbons (Fsp3) is 0.273. The number of carbonyl (C=O) groups is 2. The van der Waals surface area contributed by atoms with Crippen molar-refractivity contribution in [3.05, 3.63) is 28.0 Å². The SMILES string of the molecule is CCOC(=O)C(N)C(=O)Nc1cc(Cl)c(F)c(Cl)c1. The number of ether oxygens (including phenoxy) is 1. The number of hydrogen-bond acceptors (Lipinski definition) is 4. The van der Waals surface area contributed by atoms with Crippen LogP contribution < -0.4 is 11.1 Å². The van der Waals surface area contributed by atoms with E-state index in [0.29, 0.717) is 0 Å². The third kappa shape index (κ3) is 4.05. The Balaban J connectivity index is 2.80. The standard InChI is InChI=1S/C11H11Cl2FN2O3/c1-2-19-11(18)9(15)10(17)16-5-3-6(12)8(14)7(13)4-5/h3-4,9H,2,15H2,1H3,(H,16,17). The molecule has 8 heteroatoms. The molecule has 104 valence electrons. The molecule has 0 fully saturated rings. The second-order valence-corrected chi connectivity index (χ2v) is 4.29. The van der Waals surface area contributed by atoms with Gasteiger partial charge in [0.05, 0.1) is 16.7 Å². The van der Waals surface area contributed by atoms with E-state index in [1.54, 1.807) is 6.92 Å². The molecule has 0 aromatic heterocycles. The Bertz CT molecular complexity index is 488. The van der Waals surface area contributed by atoms with Crippen LogP contribution in [-0.2, 0) is 14.3 Å². The van der Waals surface area contributed by atoms with E-state index in [9.17, 15) is 14.0 Å². The largest absolute Gasteiger partial charge is 0.464 e. The van der Waals surface area contributed by atoms with E-state index in [-0.39, 0.29) is 22.3 Å². The Morgan fingerprint density at radius 2 is 1.95 bits per heavy atom. The molecule has 0 heterocycles. The van der Waals surface area contributed by atoms with Crippen LogP contribution in [0.15, 0.2) is 12.1 Å². The van der Waals surface area contributed by atoms with Gasteiger partial charge in [-0.1, -0.05) is 23.2 Å². The molecule has 0 saturated heterocycles. The van der Waals surface area contributed by atoms with Crippen LogP contribution in [-0.4, -0.2) is 24.5 Å². The highest BCUT2D eigenvalue weighted by Gasteiger charge is 2.23. The van der Waals surface area contributed by atoms with E-state index < -0.39 is 23.7 Å². The molecule has 0 radical (unpaired) electrons. The zero-order chi connectivity index (χ0) is 14.6. The third-order valence-electron chi connectivity index (χ3n) is 2.07. The van der Waals surface area contributed by atoms with Crippen molar-refractivity contribution in [3.63, 3.8) is 0 Å². The van der Waals surface area contributed by atoms with Crippen molar-refractivity contribution in [2.24, 2.45) is 5.73 Å². The van der Waals surface area contributed by atoms with E-state index in [1.165, 1.54) is 0 Å². The van der Waals surface area contributed by atoms with Gasteiger partial charge in [0, 0.05) is 5.69 Å². The van der Waals surface area contributed by atoms with Crippen molar-refractivity contribution in [1.82, 2.24) is 0 Å². The second-order valence-electron chi connectivity index (χ2n) is 3.47. The molecule has 1 aromatic rings. The Morgan fingerprint density at radius 1 is 1.42 bits per heavy atom. The first-order valence-electron chi connectivity index (χ1n) is 5.24. The zero-order valence-corrected chi connectivity index (χ0v) is 11.4. The highest BCUT2D eigenvalue weighted by Crippen LogP contribution is 2.27. The summed E-state index contributed by atoms with van der Waals surface area (Å²) in [5, 5.41) is 1.78. The lowest BCUT2D eigenvalue weighted by Crippen LogP contribution is -2.43. The topological polar surface area (TPSA) is 81.4 Å². The smallest absolute Gasteiger partial charge is 0.332 e. The fourth-order valence-electron chi connectivity index (χ4n) is 1.19. The Morgan fingerprint density at radius 3 is 2.42 bits per heavy atom. The van der Waals surface area contributed by atoms with Gasteiger partial charge in [0.25, 0.3) is 5.91 Å². The molecule has 1 aromatic carbocycles. The highest BCUT2D eigenvalue weighted by atomic mass is 35.5. The molecular formula is C11H11Cl2FN2O3. The van der Waals surface area contributed by atoms with E-state index in [0.717, 1.165) is 12.1 Å². The molecule has 1 amide bonds. The lowest BCUT2D eigenvalue weighted by molar-refractivity contribution is -0.146. The number of benzene rings is 1. The first-order chi connectivity index (χ1) is 8.86. The van der Waals surface area contributed by atoms with Crippen molar-refractivity contribution in [1.29, 1.82) is 0 Å². The summed E-state index contributed by atoms with van der Waals surface area (Å²) in [5.74, 6) is -2.47. The van der Waals surface area contributed by atoms with Gasteiger partial charge in [-0.15, -0.1) is 0 Å². The fourth-order valence-corrected chi connectivity index (χ4v) is 1.67.